The van der Waals surface area contributed by atoms with E-state index in [1.807, 2.05) is 18.2 Å². The lowest BCUT2D eigenvalue weighted by Crippen LogP contribution is -2.39. The van der Waals surface area contributed by atoms with Crippen LogP contribution in [0.3, 0.4) is 0 Å². The molecule has 1 aromatic rings. The van der Waals surface area contributed by atoms with Crippen molar-refractivity contribution in [3.8, 4) is 5.75 Å². The molecule has 0 aliphatic heterocycles. The summed E-state index contributed by atoms with van der Waals surface area (Å²) in [6.45, 7) is 2.78. The Morgan fingerprint density at radius 1 is 1.41 bits per heavy atom. The molecule has 0 amide bonds. The van der Waals surface area contributed by atoms with Crippen molar-refractivity contribution in [2.24, 2.45) is 0 Å². The Kier molecular flexibility index (Phi) is 4.40. The molecule has 17 heavy (non-hydrogen) atoms. The Hall–Kier alpha value is -1.06. The smallest absolute Gasteiger partial charge is 0.122 e. The molecule has 1 aliphatic rings. The van der Waals surface area contributed by atoms with Crippen molar-refractivity contribution >= 4 is 0 Å². The van der Waals surface area contributed by atoms with Crippen LogP contribution in [0.4, 0.5) is 0 Å². The fraction of sp³-hybridized carbons (Fsp3) is 0.571. The predicted molar refractivity (Wildman–Crippen MR) is 68.3 cm³/mol. The monoisotopic (exact) mass is 235 g/mol. The zero-order valence-electron chi connectivity index (χ0n) is 10.4. The van der Waals surface area contributed by atoms with E-state index >= 15 is 0 Å². The molecule has 1 aliphatic carbocycles. The SMILES string of the molecule is CCc1ccccc1OCC(CO)NC1CC1. The number of hydrogen-bond donors (Lipinski definition) is 2. The number of aliphatic hydroxyl groups excluding tert-OH is 1. The van der Waals surface area contributed by atoms with Crippen molar-refractivity contribution in [1.82, 2.24) is 5.32 Å². The van der Waals surface area contributed by atoms with E-state index in [0.29, 0.717) is 12.6 Å². The van der Waals surface area contributed by atoms with E-state index < -0.39 is 0 Å². The van der Waals surface area contributed by atoms with Crippen LogP contribution in [-0.4, -0.2) is 30.4 Å². The Labute approximate surface area is 103 Å². The molecule has 0 saturated heterocycles. The Bertz CT molecular complexity index is 350. The van der Waals surface area contributed by atoms with Gasteiger partial charge in [-0.05, 0) is 30.9 Å². The molecule has 0 aromatic heterocycles. The molecule has 1 atom stereocenters. The van der Waals surface area contributed by atoms with Crippen LogP contribution in [-0.2, 0) is 6.42 Å². The van der Waals surface area contributed by atoms with Gasteiger partial charge in [0, 0.05) is 6.04 Å². The third-order valence-corrected chi connectivity index (χ3v) is 3.06. The van der Waals surface area contributed by atoms with E-state index in [1.165, 1.54) is 18.4 Å². The van der Waals surface area contributed by atoms with Gasteiger partial charge in [-0.2, -0.15) is 0 Å². The van der Waals surface area contributed by atoms with Crippen molar-refractivity contribution in [3.05, 3.63) is 29.8 Å². The first-order valence-electron chi connectivity index (χ1n) is 6.41. The van der Waals surface area contributed by atoms with Crippen molar-refractivity contribution in [2.45, 2.75) is 38.3 Å². The first kappa shape index (κ1) is 12.4. The van der Waals surface area contributed by atoms with Crippen LogP contribution in [0.1, 0.15) is 25.3 Å². The lowest BCUT2D eigenvalue weighted by atomic mass is 10.1. The normalized spacial score (nSPS) is 16.8. The molecule has 1 saturated carbocycles. The molecule has 1 aromatic carbocycles. The average Bonchev–Trinajstić information content (AvgIpc) is 3.18. The number of aliphatic hydroxyl groups is 1. The zero-order valence-corrected chi connectivity index (χ0v) is 10.4. The molecule has 0 heterocycles. The third-order valence-electron chi connectivity index (χ3n) is 3.06. The van der Waals surface area contributed by atoms with Gasteiger partial charge in [-0.25, -0.2) is 0 Å². The van der Waals surface area contributed by atoms with Gasteiger partial charge in [0.15, 0.2) is 0 Å². The van der Waals surface area contributed by atoms with Crippen LogP contribution in [0, 0.1) is 0 Å². The molecule has 1 fully saturated rings. The third kappa shape index (κ3) is 3.72. The van der Waals surface area contributed by atoms with Gasteiger partial charge in [-0.15, -0.1) is 0 Å². The minimum Gasteiger partial charge on any atom is -0.492 e. The van der Waals surface area contributed by atoms with E-state index in [1.54, 1.807) is 0 Å². The highest BCUT2D eigenvalue weighted by atomic mass is 16.5. The van der Waals surface area contributed by atoms with Gasteiger partial charge in [0.25, 0.3) is 0 Å². The van der Waals surface area contributed by atoms with Crippen LogP contribution in [0.15, 0.2) is 24.3 Å². The summed E-state index contributed by atoms with van der Waals surface area (Å²) in [4.78, 5) is 0. The summed E-state index contributed by atoms with van der Waals surface area (Å²) in [5, 5.41) is 12.6. The summed E-state index contributed by atoms with van der Waals surface area (Å²) in [5.74, 6) is 0.936. The largest absolute Gasteiger partial charge is 0.492 e. The van der Waals surface area contributed by atoms with Crippen LogP contribution in [0.5, 0.6) is 5.75 Å². The van der Waals surface area contributed by atoms with Crippen LogP contribution in [0.2, 0.25) is 0 Å². The number of hydrogen-bond acceptors (Lipinski definition) is 3. The number of ether oxygens (including phenoxy) is 1. The second-order valence-corrected chi connectivity index (χ2v) is 4.59. The highest BCUT2D eigenvalue weighted by Crippen LogP contribution is 2.21. The van der Waals surface area contributed by atoms with E-state index in [0.717, 1.165) is 12.2 Å². The summed E-state index contributed by atoms with van der Waals surface area (Å²) in [6, 6.07) is 8.72. The lowest BCUT2D eigenvalue weighted by molar-refractivity contribution is 0.181. The van der Waals surface area contributed by atoms with Gasteiger partial charge < -0.3 is 15.2 Å². The van der Waals surface area contributed by atoms with Crippen LogP contribution >= 0.6 is 0 Å². The summed E-state index contributed by atoms with van der Waals surface area (Å²) in [6.07, 6.45) is 3.42. The minimum atomic E-state index is 0.0485. The Balaban J connectivity index is 1.86. The molecule has 94 valence electrons. The van der Waals surface area contributed by atoms with E-state index in [9.17, 15) is 5.11 Å². The summed E-state index contributed by atoms with van der Waals surface area (Å²) in [5.41, 5.74) is 1.22. The van der Waals surface area contributed by atoms with Crippen molar-refractivity contribution in [3.63, 3.8) is 0 Å². The molecular formula is C14H21NO2. The van der Waals surface area contributed by atoms with Crippen LogP contribution in [0.25, 0.3) is 0 Å². The fourth-order valence-corrected chi connectivity index (χ4v) is 1.86. The van der Waals surface area contributed by atoms with Gasteiger partial charge in [-0.1, -0.05) is 25.1 Å². The van der Waals surface area contributed by atoms with Gasteiger partial charge in [0.2, 0.25) is 0 Å². The topological polar surface area (TPSA) is 41.5 Å². The molecule has 1 unspecified atom stereocenters. The maximum absolute atomic E-state index is 9.26. The first-order valence-corrected chi connectivity index (χ1v) is 6.41. The van der Waals surface area contributed by atoms with Gasteiger partial charge >= 0.3 is 0 Å². The van der Waals surface area contributed by atoms with E-state index in [2.05, 4.69) is 18.3 Å². The Morgan fingerprint density at radius 3 is 2.82 bits per heavy atom. The van der Waals surface area contributed by atoms with Crippen molar-refractivity contribution in [2.75, 3.05) is 13.2 Å². The van der Waals surface area contributed by atoms with E-state index in [-0.39, 0.29) is 12.6 Å². The lowest BCUT2D eigenvalue weighted by Gasteiger charge is -2.18. The van der Waals surface area contributed by atoms with Crippen molar-refractivity contribution < 1.29 is 9.84 Å². The number of aryl methyl sites for hydroxylation is 1. The molecule has 2 rings (SSSR count). The van der Waals surface area contributed by atoms with Crippen LogP contribution < -0.4 is 10.1 Å². The molecule has 3 nitrogen and oxygen atoms in total. The summed E-state index contributed by atoms with van der Waals surface area (Å²) in [7, 11) is 0. The first-order chi connectivity index (χ1) is 8.33. The number of nitrogens with one attached hydrogen (secondary N) is 1. The second kappa shape index (κ2) is 6.03. The van der Waals surface area contributed by atoms with Gasteiger partial charge in [0.05, 0.1) is 12.6 Å². The molecule has 0 radical (unpaired) electrons. The molecular weight excluding hydrogens is 214 g/mol. The predicted octanol–water partition coefficient (Wildman–Crippen LogP) is 1.74. The van der Waals surface area contributed by atoms with Gasteiger partial charge in [0.1, 0.15) is 12.4 Å². The minimum absolute atomic E-state index is 0.0485. The summed E-state index contributed by atoms with van der Waals surface area (Å²) < 4.78 is 5.79. The number of para-hydroxylation sites is 1. The molecule has 2 N–H and O–H groups in total. The molecule has 0 spiro atoms. The number of benzene rings is 1. The van der Waals surface area contributed by atoms with Gasteiger partial charge in [-0.3, -0.25) is 0 Å². The number of rotatable bonds is 7. The average molecular weight is 235 g/mol. The molecule has 0 bridgehead atoms. The maximum atomic E-state index is 9.26. The Morgan fingerprint density at radius 2 is 2.18 bits per heavy atom. The fourth-order valence-electron chi connectivity index (χ4n) is 1.86. The zero-order chi connectivity index (χ0) is 12.1. The summed E-state index contributed by atoms with van der Waals surface area (Å²) >= 11 is 0. The standard InChI is InChI=1S/C14H21NO2/c1-2-11-5-3-4-6-14(11)17-10-13(9-16)15-12-7-8-12/h3-6,12-13,15-16H,2,7-10H2,1H3. The highest BCUT2D eigenvalue weighted by Gasteiger charge is 2.24. The second-order valence-electron chi connectivity index (χ2n) is 4.59. The van der Waals surface area contributed by atoms with E-state index in [4.69, 9.17) is 4.74 Å². The molecule has 3 heteroatoms. The highest BCUT2D eigenvalue weighted by molar-refractivity contribution is 5.33. The quantitative estimate of drug-likeness (QED) is 0.756. The van der Waals surface area contributed by atoms with Crippen molar-refractivity contribution in [1.29, 1.82) is 0 Å². The maximum Gasteiger partial charge on any atom is 0.122 e.